The molecule has 0 spiro atoms. The molecule has 2 aromatic heterocycles. The fourth-order valence-electron chi connectivity index (χ4n) is 1.06. The maximum atomic E-state index is 5.22. The fourth-order valence-corrected chi connectivity index (χ4v) is 2.64. The van der Waals surface area contributed by atoms with E-state index in [1.165, 1.54) is 10.4 Å². The number of hydrogen-bond acceptors (Lipinski definition) is 3. The Hall–Kier alpha value is -0.800. The molecule has 0 unspecified atom stereocenters. The first-order valence-corrected chi connectivity index (χ1v) is 5.38. The summed E-state index contributed by atoms with van der Waals surface area (Å²) >= 11 is 3.42. The lowest BCUT2D eigenvalue weighted by Crippen LogP contribution is -1.80. The summed E-state index contributed by atoms with van der Waals surface area (Å²) in [5.74, 6) is 0.971. The van der Waals surface area contributed by atoms with Gasteiger partial charge in [-0.05, 0) is 28.3 Å². The Bertz CT molecular complexity index is 348. The summed E-state index contributed by atoms with van der Waals surface area (Å²) in [4.78, 5) is 1.22. The van der Waals surface area contributed by atoms with Gasteiger partial charge in [-0.15, -0.1) is 11.3 Å². The van der Waals surface area contributed by atoms with E-state index in [0.717, 1.165) is 5.75 Å². The molecule has 0 amide bonds. The Morgan fingerprint density at radius 3 is 2.83 bits per heavy atom. The van der Waals surface area contributed by atoms with E-state index in [1.807, 2.05) is 11.4 Å². The van der Waals surface area contributed by atoms with Crippen molar-refractivity contribution in [3.8, 4) is 16.2 Å². The summed E-state index contributed by atoms with van der Waals surface area (Å²) in [7, 11) is 1.71. The molecule has 62 valence electrons. The second kappa shape index (κ2) is 3.29. The first kappa shape index (κ1) is 7.83. The molecule has 3 heteroatoms. The summed E-state index contributed by atoms with van der Waals surface area (Å²) in [6, 6.07) is 4.11. The third-order valence-corrected chi connectivity index (χ3v) is 3.26. The third kappa shape index (κ3) is 1.26. The highest BCUT2D eigenvalue weighted by atomic mass is 32.1. The molecule has 0 N–H and O–H groups in total. The van der Waals surface area contributed by atoms with Crippen molar-refractivity contribution >= 4 is 22.7 Å². The molecule has 0 aromatic carbocycles. The number of thiophene rings is 2. The molecular formula is C9H8OS2. The van der Waals surface area contributed by atoms with Gasteiger partial charge in [0.1, 0.15) is 5.75 Å². The van der Waals surface area contributed by atoms with Crippen molar-refractivity contribution in [1.29, 1.82) is 0 Å². The molecule has 0 aliphatic heterocycles. The van der Waals surface area contributed by atoms with Crippen LogP contribution >= 0.6 is 22.7 Å². The second-order valence-corrected chi connectivity index (χ2v) is 4.03. The zero-order valence-electron chi connectivity index (χ0n) is 6.61. The van der Waals surface area contributed by atoms with Gasteiger partial charge in [0.25, 0.3) is 0 Å². The highest BCUT2D eigenvalue weighted by Crippen LogP contribution is 2.36. The van der Waals surface area contributed by atoms with Gasteiger partial charge >= 0.3 is 0 Å². The molecule has 12 heavy (non-hydrogen) atoms. The van der Waals surface area contributed by atoms with Crippen LogP contribution in [0, 0.1) is 0 Å². The van der Waals surface area contributed by atoms with Crippen LogP contribution in [0.4, 0.5) is 0 Å². The maximum Gasteiger partial charge on any atom is 0.137 e. The van der Waals surface area contributed by atoms with Crippen molar-refractivity contribution in [2.24, 2.45) is 0 Å². The van der Waals surface area contributed by atoms with Crippen LogP contribution in [-0.4, -0.2) is 7.11 Å². The summed E-state index contributed by atoms with van der Waals surface area (Å²) in [5.41, 5.74) is 1.26. The third-order valence-electron chi connectivity index (χ3n) is 1.63. The predicted molar refractivity (Wildman–Crippen MR) is 54.2 cm³/mol. The number of methoxy groups -OCH3 is 1. The van der Waals surface area contributed by atoms with E-state index in [0.29, 0.717) is 0 Å². The second-order valence-electron chi connectivity index (χ2n) is 2.33. The Labute approximate surface area is 79.2 Å². The number of rotatable bonds is 2. The van der Waals surface area contributed by atoms with Crippen LogP contribution in [0.25, 0.3) is 10.4 Å². The molecule has 0 fully saturated rings. The molecule has 0 bridgehead atoms. The van der Waals surface area contributed by atoms with Gasteiger partial charge in [-0.2, -0.15) is 11.3 Å². The van der Waals surface area contributed by atoms with Crippen molar-refractivity contribution in [1.82, 2.24) is 0 Å². The van der Waals surface area contributed by atoms with Crippen LogP contribution in [-0.2, 0) is 0 Å². The quantitative estimate of drug-likeness (QED) is 0.714. The van der Waals surface area contributed by atoms with E-state index in [1.54, 1.807) is 29.8 Å². The lowest BCUT2D eigenvalue weighted by atomic mass is 10.3. The topological polar surface area (TPSA) is 9.23 Å². The molecule has 1 nitrogen and oxygen atoms in total. The van der Waals surface area contributed by atoms with Crippen LogP contribution in [0.5, 0.6) is 5.75 Å². The highest BCUT2D eigenvalue weighted by molar-refractivity contribution is 7.14. The van der Waals surface area contributed by atoms with Crippen LogP contribution in [0.1, 0.15) is 0 Å². The monoisotopic (exact) mass is 196 g/mol. The Kier molecular flexibility index (Phi) is 2.15. The van der Waals surface area contributed by atoms with Crippen LogP contribution in [0.2, 0.25) is 0 Å². The number of ether oxygens (including phenoxy) is 1. The Balaban J connectivity index is 2.46. The first-order chi connectivity index (χ1) is 5.92. The van der Waals surface area contributed by atoms with Gasteiger partial charge in [0.05, 0.1) is 12.0 Å². The van der Waals surface area contributed by atoms with E-state index in [4.69, 9.17) is 4.74 Å². The minimum absolute atomic E-state index is 0.971. The Morgan fingerprint density at radius 1 is 1.25 bits per heavy atom. The normalized spacial score (nSPS) is 10.1. The van der Waals surface area contributed by atoms with Crippen molar-refractivity contribution < 1.29 is 4.74 Å². The molecule has 2 rings (SSSR count). The van der Waals surface area contributed by atoms with Gasteiger partial charge in [0.15, 0.2) is 0 Å². The highest BCUT2D eigenvalue weighted by Gasteiger charge is 2.06. The summed E-state index contributed by atoms with van der Waals surface area (Å²) in [6.45, 7) is 0. The summed E-state index contributed by atoms with van der Waals surface area (Å²) < 4.78 is 5.22. The molecule has 0 aliphatic rings. The standard InChI is InChI=1S/C9H8OS2/c1-10-8-3-5-12-9(8)7-2-4-11-6-7/h2-6H,1H3. The first-order valence-electron chi connectivity index (χ1n) is 3.56. The summed E-state index contributed by atoms with van der Waals surface area (Å²) in [6.07, 6.45) is 0. The minimum Gasteiger partial charge on any atom is -0.495 e. The van der Waals surface area contributed by atoms with E-state index in [9.17, 15) is 0 Å². The maximum absolute atomic E-state index is 5.22. The molecule has 0 aliphatic carbocycles. The van der Waals surface area contributed by atoms with E-state index in [-0.39, 0.29) is 0 Å². The van der Waals surface area contributed by atoms with Gasteiger partial charge in [0.2, 0.25) is 0 Å². The molecule has 0 atom stereocenters. The van der Waals surface area contributed by atoms with E-state index >= 15 is 0 Å². The van der Waals surface area contributed by atoms with Crippen LogP contribution in [0.3, 0.4) is 0 Å². The summed E-state index contributed by atoms with van der Waals surface area (Å²) in [5, 5.41) is 6.26. The minimum atomic E-state index is 0.971. The van der Waals surface area contributed by atoms with E-state index < -0.39 is 0 Å². The smallest absolute Gasteiger partial charge is 0.137 e. The Morgan fingerprint density at radius 2 is 2.17 bits per heavy atom. The van der Waals surface area contributed by atoms with E-state index in [2.05, 4.69) is 16.8 Å². The average Bonchev–Trinajstić information content (AvgIpc) is 2.74. The van der Waals surface area contributed by atoms with Crippen molar-refractivity contribution in [2.45, 2.75) is 0 Å². The molecule has 2 aromatic rings. The molecule has 2 heterocycles. The number of hydrogen-bond donors (Lipinski definition) is 0. The van der Waals surface area contributed by atoms with Gasteiger partial charge < -0.3 is 4.74 Å². The lowest BCUT2D eigenvalue weighted by molar-refractivity contribution is 0.418. The van der Waals surface area contributed by atoms with Gasteiger partial charge in [-0.1, -0.05) is 0 Å². The molecule has 0 saturated carbocycles. The average molecular weight is 196 g/mol. The van der Waals surface area contributed by atoms with Crippen molar-refractivity contribution in [3.05, 3.63) is 28.3 Å². The molecule has 0 saturated heterocycles. The molecular weight excluding hydrogens is 188 g/mol. The predicted octanol–water partition coefficient (Wildman–Crippen LogP) is 3.49. The molecule has 0 radical (unpaired) electrons. The largest absolute Gasteiger partial charge is 0.495 e. The fraction of sp³-hybridized carbons (Fsp3) is 0.111. The van der Waals surface area contributed by atoms with Gasteiger partial charge in [0, 0.05) is 5.56 Å². The lowest BCUT2D eigenvalue weighted by Gasteiger charge is -1.98. The van der Waals surface area contributed by atoms with Gasteiger partial charge in [-0.25, -0.2) is 0 Å². The zero-order valence-corrected chi connectivity index (χ0v) is 8.24. The van der Waals surface area contributed by atoms with Gasteiger partial charge in [-0.3, -0.25) is 0 Å². The van der Waals surface area contributed by atoms with Crippen LogP contribution < -0.4 is 4.74 Å². The van der Waals surface area contributed by atoms with Crippen molar-refractivity contribution in [2.75, 3.05) is 7.11 Å². The zero-order chi connectivity index (χ0) is 8.39. The SMILES string of the molecule is COc1ccsc1-c1ccsc1. The van der Waals surface area contributed by atoms with Crippen LogP contribution in [0.15, 0.2) is 28.3 Å². The van der Waals surface area contributed by atoms with Crippen molar-refractivity contribution in [3.63, 3.8) is 0 Å².